The summed E-state index contributed by atoms with van der Waals surface area (Å²) in [5, 5.41) is 2.46. The van der Waals surface area contributed by atoms with Crippen LogP contribution in [0.5, 0.6) is 0 Å². The topological polar surface area (TPSA) is 38.3 Å². The summed E-state index contributed by atoms with van der Waals surface area (Å²) in [5.74, 6) is 0.833. The van der Waals surface area contributed by atoms with Gasteiger partial charge in [-0.05, 0) is 5.92 Å². The monoisotopic (exact) mass is 161 g/mol. The molecule has 1 fully saturated rings. The molecule has 0 aliphatic carbocycles. The van der Waals surface area contributed by atoms with Crippen molar-refractivity contribution in [3.63, 3.8) is 0 Å². The molecular formula is C8H19NO2. The smallest absolute Gasteiger partial charge is 0.407 e. The van der Waals surface area contributed by atoms with Crippen molar-refractivity contribution in [2.75, 3.05) is 13.2 Å². The van der Waals surface area contributed by atoms with Gasteiger partial charge in [0, 0.05) is 0 Å². The van der Waals surface area contributed by atoms with Crippen LogP contribution >= 0.6 is 0 Å². The molecule has 3 heteroatoms. The Hall–Kier alpha value is -0.730. The van der Waals surface area contributed by atoms with Crippen LogP contribution in [0.25, 0.3) is 0 Å². The van der Waals surface area contributed by atoms with Crippen LogP contribution in [0.1, 0.15) is 28.2 Å². The second-order valence-electron chi connectivity index (χ2n) is 2.79. The van der Waals surface area contributed by atoms with Crippen molar-refractivity contribution in [1.29, 1.82) is 0 Å². The normalized spacial score (nSPS) is 14.0. The maximum absolute atomic E-state index is 9.91. The largest absolute Gasteiger partial charge is 0.448 e. The lowest BCUT2D eigenvalue weighted by atomic mass is 10.3. The molecule has 1 amide bonds. The molecule has 11 heavy (non-hydrogen) atoms. The van der Waals surface area contributed by atoms with Gasteiger partial charge in [-0.2, -0.15) is 0 Å². The number of rotatable bonds is 0. The minimum absolute atomic E-state index is 0. The quantitative estimate of drug-likeness (QED) is 0.590. The first-order valence-corrected chi connectivity index (χ1v) is 3.53. The van der Waals surface area contributed by atoms with E-state index in [2.05, 4.69) is 30.8 Å². The summed E-state index contributed by atoms with van der Waals surface area (Å²) in [6, 6.07) is 0. The van der Waals surface area contributed by atoms with Gasteiger partial charge in [-0.25, -0.2) is 4.79 Å². The molecule has 68 valence electrons. The van der Waals surface area contributed by atoms with Crippen molar-refractivity contribution < 1.29 is 9.53 Å². The summed E-state index contributed by atoms with van der Waals surface area (Å²) < 4.78 is 4.40. The van der Waals surface area contributed by atoms with Crippen molar-refractivity contribution in [3.8, 4) is 0 Å². The van der Waals surface area contributed by atoms with Gasteiger partial charge in [0.2, 0.25) is 0 Å². The Bertz CT molecular complexity index is 91.5. The molecule has 1 aliphatic heterocycles. The minimum atomic E-state index is -0.296. The number of amides is 1. The molecule has 0 radical (unpaired) electrons. The average molecular weight is 161 g/mol. The molecule has 1 saturated heterocycles. The fourth-order valence-electron chi connectivity index (χ4n) is 0.348. The Morgan fingerprint density at radius 1 is 1.45 bits per heavy atom. The number of hydrogen-bond acceptors (Lipinski definition) is 2. The summed E-state index contributed by atoms with van der Waals surface area (Å²) >= 11 is 0. The van der Waals surface area contributed by atoms with Gasteiger partial charge < -0.3 is 10.1 Å². The van der Waals surface area contributed by atoms with Gasteiger partial charge in [0.05, 0.1) is 6.54 Å². The van der Waals surface area contributed by atoms with Gasteiger partial charge in [0.25, 0.3) is 0 Å². The van der Waals surface area contributed by atoms with Gasteiger partial charge in [0.1, 0.15) is 6.61 Å². The molecule has 0 unspecified atom stereocenters. The fourth-order valence-corrected chi connectivity index (χ4v) is 0.348. The zero-order valence-electron chi connectivity index (χ0n) is 6.81. The van der Waals surface area contributed by atoms with Crippen LogP contribution < -0.4 is 5.32 Å². The molecule has 0 aromatic carbocycles. The van der Waals surface area contributed by atoms with Gasteiger partial charge in [-0.3, -0.25) is 0 Å². The van der Waals surface area contributed by atoms with Crippen LogP contribution in [-0.4, -0.2) is 19.2 Å². The first kappa shape index (κ1) is 12.9. The summed E-state index contributed by atoms with van der Waals surface area (Å²) in [6.45, 7) is 7.69. The summed E-state index contributed by atoms with van der Waals surface area (Å²) in [7, 11) is 0. The predicted octanol–water partition coefficient (Wildman–Crippen LogP) is 2.02. The third-order valence-electron chi connectivity index (χ3n) is 0.605. The highest BCUT2D eigenvalue weighted by Gasteiger charge is 2.06. The van der Waals surface area contributed by atoms with E-state index < -0.39 is 0 Å². The van der Waals surface area contributed by atoms with Crippen LogP contribution in [-0.2, 0) is 4.74 Å². The maximum atomic E-state index is 9.91. The molecule has 0 atom stereocenters. The summed E-state index contributed by atoms with van der Waals surface area (Å²) in [5.41, 5.74) is 0. The molecule has 3 nitrogen and oxygen atoms in total. The Kier molecular flexibility index (Phi) is 8.65. The Labute approximate surface area is 69.1 Å². The number of carbonyl (C=O) groups is 1. The SMILES string of the molecule is C.CC(C)C.O=C1NCCO1. The minimum Gasteiger partial charge on any atom is -0.448 e. The molecule has 1 heterocycles. The lowest BCUT2D eigenvalue weighted by Gasteiger charge is -1.80. The van der Waals surface area contributed by atoms with E-state index in [1.807, 2.05) is 0 Å². The molecule has 0 aromatic heterocycles. The van der Waals surface area contributed by atoms with E-state index in [1.165, 1.54) is 0 Å². The highest BCUT2D eigenvalue weighted by atomic mass is 16.6. The van der Waals surface area contributed by atoms with Crippen LogP contribution in [0, 0.1) is 5.92 Å². The second-order valence-corrected chi connectivity index (χ2v) is 2.79. The lowest BCUT2D eigenvalue weighted by Crippen LogP contribution is -2.11. The van der Waals surface area contributed by atoms with E-state index in [9.17, 15) is 4.79 Å². The van der Waals surface area contributed by atoms with Crippen molar-refractivity contribution in [2.24, 2.45) is 5.92 Å². The Morgan fingerprint density at radius 2 is 1.91 bits per heavy atom. The molecule has 0 saturated carbocycles. The molecule has 1 aliphatic rings. The fraction of sp³-hybridized carbons (Fsp3) is 0.875. The number of hydrogen-bond donors (Lipinski definition) is 1. The first-order valence-electron chi connectivity index (χ1n) is 3.53. The molecular weight excluding hydrogens is 142 g/mol. The van der Waals surface area contributed by atoms with Crippen molar-refractivity contribution in [1.82, 2.24) is 5.32 Å². The third-order valence-corrected chi connectivity index (χ3v) is 0.605. The Morgan fingerprint density at radius 3 is 2.00 bits per heavy atom. The predicted molar refractivity (Wildman–Crippen MR) is 46.6 cm³/mol. The van der Waals surface area contributed by atoms with Crippen LogP contribution in [0.2, 0.25) is 0 Å². The lowest BCUT2D eigenvalue weighted by molar-refractivity contribution is 0.178. The van der Waals surface area contributed by atoms with E-state index in [4.69, 9.17) is 0 Å². The third kappa shape index (κ3) is 12.5. The number of cyclic esters (lactones) is 1. The maximum Gasteiger partial charge on any atom is 0.407 e. The Balaban J connectivity index is 0. The first-order chi connectivity index (χ1) is 4.63. The van der Waals surface area contributed by atoms with Crippen LogP contribution in [0.4, 0.5) is 4.79 Å². The highest BCUT2D eigenvalue weighted by molar-refractivity contribution is 5.68. The van der Waals surface area contributed by atoms with E-state index in [-0.39, 0.29) is 13.5 Å². The molecule has 0 bridgehead atoms. The summed E-state index contributed by atoms with van der Waals surface area (Å²) in [4.78, 5) is 9.91. The second kappa shape index (κ2) is 7.38. The van der Waals surface area contributed by atoms with Crippen LogP contribution in [0.3, 0.4) is 0 Å². The van der Waals surface area contributed by atoms with E-state index >= 15 is 0 Å². The van der Waals surface area contributed by atoms with E-state index in [0.29, 0.717) is 13.2 Å². The highest BCUT2D eigenvalue weighted by Crippen LogP contribution is 1.82. The van der Waals surface area contributed by atoms with Crippen molar-refractivity contribution in [3.05, 3.63) is 0 Å². The standard InChI is InChI=1S/C4H10.C3H5NO2.CH4/c1-4(2)3;5-3-4-1-2-6-3;/h4H,1-3H3;1-2H2,(H,4,5);1H4. The molecule has 1 N–H and O–H groups in total. The van der Waals surface area contributed by atoms with E-state index in [0.717, 1.165) is 5.92 Å². The van der Waals surface area contributed by atoms with Crippen molar-refractivity contribution in [2.45, 2.75) is 28.2 Å². The van der Waals surface area contributed by atoms with Gasteiger partial charge in [0.15, 0.2) is 0 Å². The molecule has 0 spiro atoms. The number of nitrogens with one attached hydrogen (secondary N) is 1. The number of alkyl carbamates (subject to hydrolysis) is 1. The van der Waals surface area contributed by atoms with Gasteiger partial charge in [-0.15, -0.1) is 0 Å². The zero-order valence-corrected chi connectivity index (χ0v) is 6.81. The van der Waals surface area contributed by atoms with Crippen LogP contribution in [0.15, 0.2) is 0 Å². The van der Waals surface area contributed by atoms with Gasteiger partial charge >= 0.3 is 6.09 Å². The van der Waals surface area contributed by atoms with Gasteiger partial charge in [-0.1, -0.05) is 28.2 Å². The molecule has 0 aromatic rings. The zero-order chi connectivity index (χ0) is 7.98. The number of ether oxygens (including phenoxy) is 1. The van der Waals surface area contributed by atoms with E-state index in [1.54, 1.807) is 0 Å². The number of carbonyl (C=O) groups excluding carboxylic acids is 1. The summed E-state index contributed by atoms with van der Waals surface area (Å²) in [6.07, 6.45) is -0.296. The molecule has 1 rings (SSSR count). The average Bonchev–Trinajstić information content (AvgIpc) is 2.15. The van der Waals surface area contributed by atoms with Crippen molar-refractivity contribution >= 4 is 6.09 Å².